The third-order valence-electron chi connectivity index (χ3n) is 4.79. The monoisotopic (exact) mass is 400 g/mol. The van der Waals surface area contributed by atoms with Crippen molar-refractivity contribution in [2.75, 3.05) is 11.9 Å². The van der Waals surface area contributed by atoms with Crippen LogP contribution in [0.2, 0.25) is 0 Å². The van der Waals surface area contributed by atoms with Crippen molar-refractivity contribution in [3.63, 3.8) is 0 Å². The van der Waals surface area contributed by atoms with Gasteiger partial charge in [0.05, 0.1) is 0 Å². The van der Waals surface area contributed by atoms with E-state index in [1.54, 1.807) is 6.20 Å². The predicted molar refractivity (Wildman–Crippen MR) is 120 cm³/mol. The van der Waals surface area contributed by atoms with Gasteiger partial charge in [-0.1, -0.05) is 55.7 Å². The maximum atomic E-state index is 5.64. The zero-order chi connectivity index (χ0) is 20.2. The highest BCUT2D eigenvalue weighted by molar-refractivity contribution is 6.31. The van der Waals surface area contributed by atoms with E-state index in [4.69, 9.17) is 11.6 Å². The molecule has 28 heavy (non-hydrogen) atoms. The molecule has 5 heteroatoms. The lowest BCUT2D eigenvalue weighted by Gasteiger charge is -2.22. The highest BCUT2D eigenvalue weighted by Crippen LogP contribution is 2.23. The lowest BCUT2D eigenvalue weighted by atomic mass is 9.89. The van der Waals surface area contributed by atoms with E-state index in [0.717, 1.165) is 35.2 Å². The van der Waals surface area contributed by atoms with Crippen LogP contribution in [0.15, 0.2) is 65.3 Å². The minimum Gasteiger partial charge on any atom is -0.368 e. The van der Waals surface area contributed by atoms with Crippen LogP contribution >= 0.6 is 11.6 Å². The van der Waals surface area contributed by atoms with E-state index < -0.39 is 0 Å². The van der Waals surface area contributed by atoms with E-state index in [1.165, 1.54) is 32.1 Å². The number of rotatable bonds is 5. The summed E-state index contributed by atoms with van der Waals surface area (Å²) in [6, 6.07) is 4.28. The Morgan fingerprint density at radius 1 is 1.29 bits per heavy atom. The topological polar surface area (TPSA) is 42.2 Å². The highest BCUT2D eigenvalue weighted by Gasteiger charge is 2.13. The van der Waals surface area contributed by atoms with Crippen LogP contribution in [-0.2, 0) is 0 Å². The van der Waals surface area contributed by atoms with Crippen molar-refractivity contribution in [2.45, 2.75) is 58.4 Å². The first kappa shape index (κ1) is 22.2. The molecule has 1 fully saturated rings. The summed E-state index contributed by atoms with van der Waals surface area (Å²) in [5.74, 6) is 1.74. The number of nitrogens with one attached hydrogen (secondary N) is 1. The number of allylic oxidation sites excluding steroid dienone is 6. The fourth-order valence-electron chi connectivity index (χ4n) is 3.29. The summed E-state index contributed by atoms with van der Waals surface area (Å²) in [6.07, 6.45) is 19.2. The average molecular weight is 401 g/mol. The number of aromatic nitrogens is 2. The van der Waals surface area contributed by atoms with Crippen molar-refractivity contribution in [1.29, 1.82) is 0 Å². The fraction of sp³-hybridized carbons (Fsp3) is 0.478. The van der Waals surface area contributed by atoms with Crippen LogP contribution in [0.25, 0.3) is 0 Å². The lowest BCUT2D eigenvalue weighted by Crippen LogP contribution is -2.26. The first-order valence-corrected chi connectivity index (χ1v) is 10.6. The first-order valence-electron chi connectivity index (χ1n) is 10.3. The zero-order valence-electron chi connectivity index (χ0n) is 17.1. The molecule has 1 aromatic rings. The van der Waals surface area contributed by atoms with Crippen LogP contribution in [0.4, 0.5) is 5.82 Å². The predicted octanol–water partition coefficient (Wildman–Crippen LogP) is 6.13. The summed E-state index contributed by atoms with van der Waals surface area (Å²) in [5, 5.41) is 8.92. The molecule has 0 radical (unpaired) electrons. The molecule has 0 spiro atoms. The Morgan fingerprint density at radius 2 is 2.07 bits per heavy atom. The zero-order valence-corrected chi connectivity index (χ0v) is 17.9. The van der Waals surface area contributed by atoms with Gasteiger partial charge in [0, 0.05) is 23.8 Å². The van der Waals surface area contributed by atoms with Crippen molar-refractivity contribution in [3.8, 4) is 0 Å². The summed E-state index contributed by atoms with van der Waals surface area (Å²) >= 11 is 5.64. The maximum absolute atomic E-state index is 5.64. The third kappa shape index (κ3) is 7.89. The minimum absolute atomic E-state index is 0.283. The first-order chi connectivity index (χ1) is 13.6. The van der Waals surface area contributed by atoms with Crippen molar-refractivity contribution < 1.29 is 0 Å². The molecule has 2 aliphatic rings. The van der Waals surface area contributed by atoms with Crippen molar-refractivity contribution in [1.82, 2.24) is 9.78 Å². The van der Waals surface area contributed by atoms with Gasteiger partial charge in [-0.05, 0) is 63.3 Å². The maximum Gasteiger partial charge on any atom is 0.149 e. The van der Waals surface area contributed by atoms with Crippen LogP contribution in [-0.4, -0.2) is 16.3 Å². The lowest BCUT2D eigenvalue weighted by molar-refractivity contribution is 0.372. The Balaban J connectivity index is 0.000000292. The quantitative estimate of drug-likeness (QED) is 0.646. The normalized spacial score (nSPS) is 17.6. The van der Waals surface area contributed by atoms with Gasteiger partial charge < -0.3 is 5.32 Å². The second-order valence-corrected chi connectivity index (χ2v) is 7.87. The molecule has 152 valence electrons. The molecule has 0 unspecified atom stereocenters. The van der Waals surface area contributed by atoms with E-state index >= 15 is 0 Å². The molecule has 4 nitrogen and oxygen atoms in total. The van der Waals surface area contributed by atoms with Gasteiger partial charge in [0.2, 0.25) is 0 Å². The minimum atomic E-state index is 0.283. The second-order valence-electron chi connectivity index (χ2n) is 7.43. The third-order valence-corrected chi connectivity index (χ3v) is 5.04. The van der Waals surface area contributed by atoms with Crippen LogP contribution in [0.3, 0.4) is 0 Å². The average Bonchev–Trinajstić information content (AvgIpc) is 2.96. The number of nitrogens with zero attached hydrogens (tertiary/aromatic N) is 3. The molecule has 0 aliphatic heterocycles. The molecule has 0 amide bonds. The molecule has 1 aromatic heterocycles. The van der Waals surface area contributed by atoms with E-state index in [1.807, 2.05) is 41.1 Å². The van der Waals surface area contributed by atoms with Crippen LogP contribution in [0, 0.1) is 5.92 Å². The van der Waals surface area contributed by atoms with Crippen LogP contribution in [0.1, 0.15) is 58.4 Å². The summed E-state index contributed by atoms with van der Waals surface area (Å²) in [6.45, 7) is 8.91. The molecular formula is C23H33ClN4. The summed E-state index contributed by atoms with van der Waals surface area (Å²) in [4.78, 5) is 4.26. The molecule has 3 rings (SSSR count). The van der Waals surface area contributed by atoms with E-state index in [2.05, 4.69) is 41.9 Å². The summed E-state index contributed by atoms with van der Waals surface area (Å²) < 4.78 is 1.94. The molecule has 0 bridgehead atoms. The molecule has 0 aromatic carbocycles. The van der Waals surface area contributed by atoms with Gasteiger partial charge in [-0.25, -0.2) is 9.67 Å². The Kier molecular flexibility index (Phi) is 9.84. The Morgan fingerprint density at radius 3 is 2.79 bits per heavy atom. The Labute approximate surface area is 174 Å². The van der Waals surface area contributed by atoms with Crippen molar-refractivity contribution in [3.05, 3.63) is 65.8 Å². The molecule has 0 saturated heterocycles. The van der Waals surface area contributed by atoms with Gasteiger partial charge >= 0.3 is 0 Å². The Hall–Kier alpha value is -2.07. The van der Waals surface area contributed by atoms with Gasteiger partial charge in [0.1, 0.15) is 11.3 Å². The van der Waals surface area contributed by atoms with Crippen molar-refractivity contribution >= 4 is 17.4 Å². The molecule has 0 atom stereocenters. The highest BCUT2D eigenvalue weighted by atomic mass is 35.5. The fourth-order valence-corrected chi connectivity index (χ4v) is 3.46. The molecule has 1 saturated carbocycles. The van der Waals surface area contributed by atoms with E-state index in [-0.39, 0.29) is 6.04 Å². The van der Waals surface area contributed by atoms with Gasteiger partial charge in [-0.15, -0.1) is 0 Å². The van der Waals surface area contributed by atoms with Crippen LogP contribution in [0.5, 0.6) is 0 Å². The second kappa shape index (κ2) is 12.4. The number of halogens is 1. The largest absolute Gasteiger partial charge is 0.368 e. The standard InChI is InChI=1S/C16H26N4.C7H7Cl/c1-4-17-16-11-10-15(19-20(16)13(2)3)18-12-14-8-6-5-7-9-14;8-7-5-3-1-2-4-6-7/h4,10-11,13-14H,1,5-9,12H2,2-3H3,(H,18,19);1,3-6H,2H2. The summed E-state index contributed by atoms with van der Waals surface area (Å²) in [5.41, 5.74) is 0.846. The summed E-state index contributed by atoms with van der Waals surface area (Å²) in [7, 11) is 0. The number of hydrogen-bond donors (Lipinski definition) is 1. The van der Waals surface area contributed by atoms with Gasteiger partial charge in [0.15, 0.2) is 0 Å². The molecule has 1 N–H and O–H groups in total. The van der Waals surface area contributed by atoms with Gasteiger partial charge in [-0.2, -0.15) is 5.10 Å². The van der Waals surface area contributed by atoms with Gasteiger partial charge in [-0.3, -0.25) is 0 Å². The number of hydrogen-bond acceptors (Lipinski definition) is 3. The molecular weight excluding hydrogens is 368 g/mol. The van der Waals surface area contributed by atoms with E-state index in [0.29, 0.717) is 0 Å². The molecule has 2 aliphatic carbocycles. The SMILES string of the molecule is C=CN=c1ccc(NCC2CCCCC2)nn1C(C)C.ClC1=CC=CCC=C1. The van der Waals surface area contributed by atoms with Gasteiger partial charge in [0.25, 0.3) is 0 Å². The van der Waals surface area contributed by atoms with Crippen LogP contribution < -0.4 is 10.8 Å². The smallest absolute Gasteiger partial charge is 0.149 e. The van der Waals surface area contributed by atoms with E-state index in [9.17, 15) is 0 Å². The van der Waals surface area contributed by atoms with Crippen molar-refractivity contribution in [2.24, 2.45) is 10.9 Å². The number of anilines is 1. The molecule has 1 heterocycles. The Bertz CT molecular complexity index is 765.